The van der Waals surface area contributed by atoms with Gasteiger partial charge in [-0.1, -0.05) is 18.2 Å². The number of carbonyl (C=O) groups is 1. The van der Waals surface area contributed by atoms with Crippen LogP contribution in [0.3, 0.4) is 0 Å². The van der Waals surface area contributed by atoms with Crippen LogP contribution >= 0.6 is 34.0 Å². The van der Waals surface area contributed by atoms with Crippen molar-refractivity contribution in [2.45, 2.75) is 20.8 Å². The number of benzene rings is 1. The molecule has 3 nitrogen and oxygen atoms in total. The minimum Gasteiger partial charge on any atom is -0.462 e. The Bertz CT molecular complexity index is 1070. The van der Waals surface area contributed by atoms with E-state index >= 15 is 0 Å². The molecule has 0 radical (unpaired) electrons. The van der Waals surface area contributed by atoms with E-state index in [1.165, 1.54) is 36.7 Å². The third kappa shape index (κ3) is 3.09. The first-order valence-corrected chi connectivity index (χ1v) is 10.8. The molecule has 0 amide bonds. The Morgan fingerprint density at radius 2 is 1.85 bits per heavy atom. The lowest BCUT2D eigenvalue weighted by Crippen LogP contribution is -2.03. The smallest absolute Gasteiger partial charge is 0.350 e. The van der Waals surface area contributed by atoms with Crippen LogP contribution in [0.5, 0.6) is 0 Å². The molecule has 4 rings (SSSR count). The molecule has 0 atom stereocenters. The van der Waals surface area contributed by atoms with Gasteiger partial charge in [0.25, 0.3) is 0 Å². The number of esters is 1. The molecule has 0 saturated carbocycles. The number of aromatic nitrogens is 1. The Balaban J connectivity index is 1.73. The summed E-state index contributed by atoms with van der Waals surface area (Å²) < 4.78 is 6.43. The van der Waals surface area contributed by atoms with Crippen molar-refractivity contribution in [2.24, 2.45) is 0 Å². The molecule has 3 heterocycles. The summed E-state index contributed by atoms with van der Waals surface area (Å²) in [5, 5.41) is 2.16. The van der Waals surface area contributed by atoms with Crippen LogP contribution in [0.15, 0.2) is 36.4 Å². The maximum atomic E-state index is 12.1. The zero-order chi connectivity index (χ0) is 18.3. The lowest BCUT2D eigenvalue weighted by atomic mass is 10.2. The number of fused-ring (bicyclic) bond motifs is 1. The molecule has 6 heteroatoms. The summed E-state index contributed by atoms with van der Waals surface area (Å²) in [5.74, 6) is -0.285. The zero-order valence-corrected chi connectivity index (χ0v) is 17.1. The number of aryl methyl sites for hydroxylation is 2. The maximum Gasteiger partial charge on any atom is 0.350 e. The van der Waals surface area contributed by atoms with Crippen LogP contribution in [0.2, 0.25) is 0 Å². The number of carbonyl (C=O) groups excluding carboxylic acids is 1. The van der Waals surface area contributed by atoms with Gasteiger partial charge in [-0.15, -0.1) is 34.0 Å². The van der Waals surface area contributed by atoms with Gasteiger partial charge in [0.2, 0.25) is 0 Å². The fourth-order valence-electron chi connectivity index (χ4n) is 2.80. The lowest BCUT2D eigenvalue weighted by molar-refractivity contribution is 0.0531. The van der Waals surface area contributed by atoms with Crippen LogP contribution in [0.4, 0.5) is 0 Å². The topological polar surface area (TPSA) is 39.2 Å². The molecule has 1 aromatic carbocycles. The van der Waals surface area contributed by atoms with Crippen molar-refractivity contribution in [1.82, 2.24) is 4.98 Å². The minimum atomic E-state index is -0.285. The van der Waals surface area contributed by atoms with Gasteiger partial charge in [0, 0.05) is 14.5 Å². The van der Waals surface area contributed by atoms with Gasteiger partial charge in [0.1, 0.15) is 9.88 Å². The van der Waals surface area contributed by atoms with Gasteiger partial charge < -0.3 is 4.74 Å². The average molecular weight is 400 g/mol. The summed E-state index contributed by atoms with van der Waals surface area (Å²) in [6.45, 7) is 6.15. The summed E-state index contributed by atoms with van der Waals surface area (Å²) >= 11 is 4.96. The highest BCUT2D eigenvalue weighted by Gasteiger charge is 2.20. The second-order valence-electron chi connectivity index (χ2n) is 5.93. The molecule has 0 N–H and O–H groups in total. The van der Waals surface area contributed by atoms with Crippen LogP contribution in [0.25, 0.3) is 29.7 Å². The Labute approximate surface area is 163 Å². The second-order valence-corrected chi connectivity index (χ2v) is 9.06. The highest BCUT2D eigenvalue weighted by molar-refractivity contribution is 7.28. The van der Waals surface area contributed by atoms with Crippen molar-refractivity contribution in [3.63, 3.8) is 0 Å². The predicted molar refractivity (Wildman–Crippen MR) is 112 cm³/mol. The second kappa shape index (κ2) is 6.95. The van der Waals surface area contributed by atoms with Crippen molar-refractivity contribution in [3.8, 4) is 19.6 Å². The Hall–Kier alpha value is -2.02. The van der Waals surface area contributed by atoms with Crippen molar-refractivity contribution in [1.29, 1.82) is 0 Å². The van der Waals surface area contributed by atoms with Gasteiger partial charge in [-0.3, -0.25) is 0 Å². The summed E-state index contributed by atoms with van der Waals surface area (Å²) in [4.78, 5) is 20.9. The molecule has 0 aliphatic carbocycles. The van der Waals surface area contributed by atoms with E-state index in [0.717, 1.165) is 15.6 Å². The van der Waals surface area contributed by atoms with E-state index in [2.05, 4.69) is 48.3 Å². The minimum absolute atomic E-state index is 0.285. The number of ether oxygens (including phenoxy) is 1. The molecule has 26 heavy (non-hydrogen) atoms. The molecule has 0 saturated heterocycles. The Morgan fingerprint density at radius 3 is 2.62 bits per heavy atom. The number of nitrogens with zero attached hydrogens (tertiary/aromatic N) is 1. The van der Waals surface area contributed by atoms with Crippen molar-refractivity contribution in [2.75, 3.05) is 6.61 Å². The first-order chi connectivity index (χ1) is 12.6. The van der Waals surface area contributed by atoms with E-state index in [4.69, 9.17) is 4.74 Å². The van der Waals surface area contributed by atoms with Gasteiger partial charge in [-0.2, -0.15) is 0 Å². The lowest BCUT2D eigenvalue weighted by Gasteiger charge is -1.97. The zero-order valence-electron chi connectivity index (χ0n) is 14.7. The van der Waals surface area contributed by atoms with Crippen LogP contribution in [0.1, 0.15) is 27.9 Å². The predicted octanol–water partition coefficient (Wildman–Crippen LogP) is 6.55. The molecular formula is C20H17NO2S3. The van der Waals surface area contributed by atoms with Crippen molar-refractivity contribution >= 4 is 50.1 Å². The van der Waals surface area contributed by atoms with E-state index < -0.39 is 0 Å². The standard InChI is InChI=1S/C20H17NO2S3/c1-4-23-20(22)18-12(3)21-19(26-18)17-11(2)9-15(25-17)16-10-13-7-5-6-8-14(13)24-16/h5-10H,4H2,1-3H3. The van der Waals surface area contributed by atoms with Gasteiger partial charge >= 0.3 is 5.97 Å². The van der Waals surface area contributed by atoms with E-state index in [1.54, 1.807) is 22.7 Å². The van der Waals surface area contributed by atoms with E-state index in [9.17, 15) is 4.79 Å². The Morgan fingerprint density at radius 1 is 1.08 bits per heavy atom. The fourth-order valence-corrected chi connectivity index (χ4v) is 6.21. The summed E-state index contributed by atoms with van der Waals surface area (Å²) in [5.41, 5.74) is 1.92. The van der Waals surface area contributed by atoms with E-state index in [-0.39, 0.29) is 5.97 Å². The summed E-state index contributed by atoms with van der Waals surface area (Å²) in [6, 6.07) is 12.9. The first-order valence-electron chi connectivity index (χ1n) is 8.31. The fraction of sp³-hybridized carbons (Fsp3) is 0.200. The van der Waals surface area contributed by atoms with Crippen LogP contribution in [-0.2, 0) is 4.74 Å². The number of thiazole rings is 1. The van der Waals surface area contributed by atoms with Gasteiger partial charge in [-0.05, 0) is 49.9 Å². The SMILES string of the molecule is CCOC(=O)c1sc(-c2sc(-c3cc4ccccc4s3)cc2C)nc1C. The summed E-state index contributed by atoms with van der Waals surface area (Å²) in [6.07, 6.45) is 0. The molecule has 0 aliphatic rings. The molecule has 0 bridgehead atoms. The first kappa shape index (κ1) is 17.4. The molecule has 3 aromatic heterocycles. The van der Waals surface area contributed by atoms with Crippen LogP contribution in [-0.4, -0.2) is 17.6 Å². The number of rotatable bonds is 4. The molecule has 0 aliphatic heterocycles. The molecule has 0 unspecified atom stereocenters. The van der Waals surface area contributed by atoms with Crippen LogP contribution in [0, 0.1) is 13.8 Å². The monoisotopic (exact) mass is 399 g/mol. The van der Waals surface area contributed by atoms with Gasteiger partial charge in [0.05, 0.1) is 17.2 Å². The highest BCUT2D eigenvalue weighted by atomic mass is 32.1. The Kier molecular flexibility index (Phi) is 4.65. The number of hydrogen-bond acceptors (Lipinski definition) is 6. The maximum absolute atomic E-state index is 12.1. The van der Waals surface area contributed by atoms with Crippen molar-refractivity contribution < 1.29 is 9.53 Å². The van der Waals surface area contributed by atoms with Gasteiger partial charge in [-0.25, -0.2) is 9.78 Å². The molecular weight excluding hydrogens is 382 g/mol. The van der Waals surface area contributed by atoms with E-state index in [0.29, 0.717) is 11.5 Å². The normalized spacial score (nSPS) is 11.2. The third-order valence-corrected chi connectivity index (χ3v) is 7.88. The molecule has 4 aromatic rings. The van der Waals surface area contributed by atoms with Crippen molar-refractivity contribution in [3.05, 3.63) is 52.5 Å². The number of hydrogen-bond donors (Lipinski definition) is 0. The molecule has 0 fully saturated rings. The third-order valence-electron chi connectivity index (χ3n) is 4.04. The number of thiophene rings is 2. The van der Waals surface area contributed by atoms with Gasteiger partial charge in [0.15, 0.2) is 0 Å². The molecule has 0 spiro atoms. The quantitative estimate of drug-likeness (QED) is 0.365. The largest absolute Gasteiger partial charge is 0.462 e. The van der Waals surface area contributed by atoms with E-state index in [1.807, 2.05) is 13.8 Å². The average Bonchev–Trinajstić information content (AvgIpc) is 3.30. The highest BCUT2D eigenvalue weighted by Crippen LogP contribution is 2.43. The summed E-state index contributed by atoms with van der Waals surface area (Å²) in [7, 11) is 0. The molecule has 132 valence electrons. The van der Waals surface area contributed by atoms with Crippen LogP contribution < -0.4 is 0 Å².